The smallest absolute Gasteiger partial charge is 0.413 e. The van der Waals surface area contributed by atoms with Gasteiger partial charge in [0, 0.05) is 16.8 Å². The number of pyridine rings is 1. The third-order valence-corrected chi connectivity index (χ3v) is 6.85. The van der Waals surface area contributed by atoms with Crippen LogP contribution in [0, 0.1) is 0 Å². The van der Waals surface area contributed by atoms with Gasteiger partial charge < -0.3 is 38.8 Å². The van der Waals surface area contributed by atoms with Crippen molar-refractivity contribution in [2.45, 2.75) is 39.1 Å². The van der Waals surface area contributed by atoms with Gasteiger partial charge in [-0.2, -0.15) is 0 Å². The minimum atomic E-state index is -1.02. The molecule has 4 aromatic rings. The number of halogens is 3. The van der Waals surface area contributed by atoms with Crippen molar-refractivity contribution in [3.63, 3.8) is 0 Å². The molecule has 3 N–H and O–H groups in total. The number of aromatic nitrogens is 1. The average molecular weight is 782 g/mol. The van der Waals surface area contributed by atoms with Gasteiger partial charge in [0.2, 0.25) is 0 Å². The van der Waals surface area contributed by atoms with E-state index in [4.69, 9.17) is 21.1 Å². The van der Waals surface area contributed by atoms with Gasteiger partial charge in [0.1, 0.15) is 18.2 Å². The van der Waals surface area contributed by atoms with Crippen molar-refractivity contribution < 1.29 is 52.4 Å². The summed E-state index contributed by atoms with van der Waals surface area (Å²) in [5.74, 6) is -0.334. The van der Waals surface area contributed by atoms with E-state index in [-0.39, 0.29) is 36.4 Å². The van der Waals surface area contributed by atoms with Crippen LogP contribution < -0.4 is 44.5 Å². The predicted molar refractivity (Wildman–Crippen MR) is 164 cm³/mol. The second-order valence-electron chi connectivity index (χ2n) is 9.48. The van der Waals surface area contributed by atoms with Crippen LogP contribution in [-0.2, 0) is 16.0 Å². The SMILES string of the molecule is CCC[n+]1cc(Br)cc(C(=O)NCC(OC(=O)NC(C)OC(=O)Nc2cccc3ccccc23)c2cccc(Cl)c2)c1.[I-]. The summed E-state index contributed by atoms with van der Waals surface area (Å²) in [6, 6.07) is 21.6. The molecule has 226 valence electrons. The lowest BCUT2D eigenvalue weighted by atomic mass is 10.1. The fourth-order valence-corrected chi connectivity index (χ4v) is 5.03. The Morgan fingerprint density at radius 3 is 2.47 bits per heavy atom. The monoisotopic (exact) mass is 780 g/mol. The van der Waals surface area contributed by atoms with Crippen molar-refractivity contribution in [3.8, 4) is 0 Å². The summed E-state index contributed by atoms with van der Waals surface area (Å²) in [5.41, 5.74) is 1.61. The van der Waals surface area contributed by atoms with Crippen LogP contribution in [-0.4, -0.2) is 30.9 Å². The molecule has 0 bridgehead atoms. The predicted octanol–water partition coefficient (Wildman–Crippen LogP) is 3.75. The molecule has 1 aromatic heterocycles. The number of benzene rings is 3. The zero-order valence-corrected chi connectivity index (χ0v) is 28.0. The van der Waals surface area contributed by atoms with E-state index in [1.807, 2.05) is 47.2 Å². The van der Waals surface area contributed by atoms with E-state index in [1.54, 1.807) is 42.6 Å². The fraction of sp³-hybridized carbons (Fsp3) is 0.226. The summed E-state index contributed by atoms with van der Waals surface area (Å²) < 4.78 is 13.7. The molecule has 12 heteroatoms. The number of ether oxygens (including phenoxy) is 2. The molecule has 0 saturated carbocycles. The van der Waals surface area contributed by atoms with Crippen molar-refractivity contribution in [2.75, 3.05) is 11.9 Å². The van der Waals surface area contributed by atoms with Gasteiger partial charge >= 0.3 is 12.2 Å². The molecule has 1 heterocycles. The molecular formula is C31H31BrClIN4O5. The largest absolute Gasteiger partial charge is 1.00 e. The van der Waals surface area contributed by atoms with Gasteiger partial charge in [0.25, 0.3) is 5.91 Å². The number of nitrogens with zero attached hydrogens (tertiary/aromatic N) is 1. The quantitative estimate of drug-likeness (QED) is 0.129. The number of anilines is 1. The first-order valence-electron chi connectivity index (χ1n) is 13.4. The van der Waals surface area contributed by atoms with Crippen molar-refractivity contribution in [1.82, 2.24) is 10.6 Å². The van der Waals surface area contributed by atoms with Crippen LogP contribution in [0.4, 0.5) is 15.3 Å². The molecule has 0 aliphatic rings. The normalized spacial score (nSPS) is 11.9. The van der Waals surface area contributed by atoms with Crippen molar-refractivity contribution >= 4 is 62.1 Å². The summed E-state index contributed by atoms with van der Waals surface area (Å²) in [5, 5.41) is 10.3. The van der Waals surface area contributed by atoms with Gasteiger partial charge in [0.15, 0.2) is 18.6 Å². The molecule has 0 fully saturated rings. The van der Waals surface area contributed by atoms with E-state index < -0.39 is 24.5 Å². The van der Waals surface area contributed by atoms with Gasteiger partial charge in [-0.05, 0) is 58.1 Å². The minimum absolute atomic E-state index is 0. The number of amides is 3. The third kappa shape index (κ3) is 10.1. The van der Waals surface area contributed by atoms with Gasteiger partial charge in [-0.25, -0.2) is 14.2 Å². The Bertz CT molecular complexity index is 1590. The Morgan fingerprint density at radius 1 is 0.953 bits per heavy atom. The molecule has 0 radical (unpaired) electrons. The van der Waals surface area contributed by atoms with E-state index in [9.17, 15) is 14.4 Å². The number of hydrogen-bond acceptors (Lipinski definition) is 5. The fourth-order valence-electron chi connectivity index (χ4n) is 4.32. The maximum atomic E-state index is 13.0. The first kappa shape index (κ1) is 34.1. The van der Waals surface area contributed by atoms with E-state index in [0.29, 0.717) is 21.8 Å². The average Bonchev–Trinajstić information content (AvgIpc) is 2.95. The van der Waals surface area contributed by atoms with Gasteiger partial charge in [-0.3, -0.25) is 15.4 Å². The number of alkyl carbamates (subject to hydrolysis) is 1. The highest BCUT2D eigenvalue weighted by molar-refractivity contribution is 9.10. The van der Waals surface area contributed by atoms with Crippen LogP contribution in [0.3, 0.4) is 0 Å². The summed E-state index contributed by atoms with van der Waals surface area (Å²) in [6.45, 7) is 4.28. The van der Waals surface area contributed by atoms with Crippen LogP contribution in [0.1, 0.15) is 42.3 Å². The molecule has 0 aliphatic heterocycles. The molecular weight excluding hydrogens is 751 g/mol. The molecule has 3 amide bonds. The number of carbonyl (C=O) groups is 3. The lowest BCUT2D eigenvalue weighted by Crippen LogP contribution is -3.00. The highest BCUT2D eigenvalue weighted by Gasteiger charge is 2.22. The zero-order chi connectivity index (χ0) is 30.1. The number of nitrogens with one attached hydrogen (secondary N) is 3. The minimum Gasteiger partial charge on any atom is -1.00 e. The molecule has 3 aromatic carbocycles. The standard InChI is InChI=1S/C31H30BrClN4O5.HI/c1-3-14-37-18-23(15-24(32)19-37)29(38)34-17-28(22-10-6-11-25(33)16-22)42-30(39)35-20(2)41-31(40)36-27-13-7-9-21-8-4-5-12-26(21)27;/h4-13,15-16,18-20,28H,3,14,17H2,1-2H3,(H2-,34,35,36,38,39,40);1H. The molecule has 43 heavy (non-hydrogen) atoms. The summed E-state index contributed by atoms with van der Waals surface area (Å²) in [4.78, 5) is 38.3. The molecule has 2 atom stereocenters. The lowest BCUT2D eigenvalue weighted by molar-refractivity contribution is -0.697. The second-order valence-corrected chi connectivity index (χ2v) is 10.8. The molecule has 4 rings (SSSR count). The Morgan fingerprint density at radius 2 is 1.70 bits per heavy atom. The zero-order valence-electron chi connectivity index (χ0n) is 23.5. The summed E-state index contributed by atoms with van der Waals surface area (Å²) in [6.07, 6.45) is 1.09. The van der Waals surface area contributed by atoms with Crippen LogP contribution >= 0.6 is 27.5 Å². The maximum absolute atomic E-state index is 13.0. The van der Waals surface area contributed by atoms with Gasteiger partial charge in [0.05, 0.1) is 16.7 Å². The Labute approximate surface area is 280 Å². The van der Waals surface area contributed by atoms with E-state index in [1.165, 1.54) is 6.92 Å². The highest BCUT2D eigenvalue weighted by atomic mass is 127. The number of carbonyl (C=O) groups excluding carboxylic acids is 3. The van der Waals surface area contributed by atoms with Gasteiger partial charge in [-0.1, -0.05) is 67.1 Å². The summed E-state index contributed by atoms with van der Waals surface area (Å²) >= 11 is 9.62. The Balaban J connectivity index is 0.00000506. The maximum Gasteiger partial charge on any atom is 0.413 e. The Hall–Kier alpha value is -3.42. The van der Waals surface area contributed by atoms with E-state index in [2.05, 4.69) is 38.8 Å². The first-order chi connectivity index (χ1) is 20.2. The van der Waals surface area contributed by atoms with Gasteiger partial charge in [-0.15, -0.1) is 0 Å². The van der Waals surface area contributed by atoms with Crippen LogP contribution in [0.15, 0.2) is 89.7 Å². The number of fused-ring (bicyclic) bond motifs is 1. The molecule has 0 spiro atoms. The van der Waals surface area contributed by atoms with Crippen molar-refractivity contribution in [2.24, 2.45) is 0 Å². The number of hydrogen-bond donors (Lipinski definition) is 3. The van der Waals surface area contributed by atoms with Crippen LogP contribution in [0.2, 0.25) is 5.02 Å². The van der Waals surface area contributed by atoms with E-state index in [0.717, 1.165) is 28.2 Å². The van der Waals surface area contributed by atoms with E-state index >= 15 is 0 Å². The van der Waals surface area contributed by atoms with Crippen molar-refractivity contribution in [3.05, 3.63) is 106 Å². The topological polar surface area (TPSA) is 110 Å². The Kier molecular flexibility index (Phi) is 13.0. The van der Waals surface area contributed by atoms with Crippen LogP contribution in [0.25, 0.3) is 10.8 Å². The number of rotatable bonds is 10. The number of aryl methyl sites for hydroxylation is 1. The summed E-state index contributed by atoms with van der Waals surface area (Å²) in [7, 11) is 0. The third-order valence-electron chi connectivity index (χ3n) is 6.18. The van der Waals surface area contributed by atoms with Crippen LogP contribution in [0.5, 0.6) is 0 Å². The van der Waals surface area contributed by atoms with Crippen molar-refractivity contribution in [1.29, 1.82) is 0 Å². The second kappa shape index (κ2) is 16.4. The lowest BCUT2D eigenvalue weighted by Gasteiger charge is -2.21. The first-order valence-corrected chi connectivity index (χ1v) is 14.5. The highest BCUT2D eigenvalue weighted by Crippen LogP contribution is 2.24. The molecule has 9 nitrogen and oxygen atoms in total. The molecule has 0 saturated heterocycles. The molecule has 2 unspecified atom stereocenters. The molecule has 0 aliphatic carbocycles.